The third kappa shape index (κ3) is 4.29. The second kappa shape index (κ2) is 6.24. The summed E-state index contributed by atoms with van der Waals surface area (Å²) in [4.78, 5) is 25.5. The normalized spacial score (nSPS) is 28.3. The third-order valence-electron chi connectivity index (χ3n) is 3.47. The standard InChI is InChI=1S/C12H19F3N2O2S/c1-4-11(3)10(19)17(5-6-20-12(13,14)15)8(2)7-9(18)16-11/h8H,4-7H2,1-3H3,(H,16,18). The molecular weight excluding hydrogens is 293 g/mol. The number of alkyl halides is 3. The van der Waals surface area contributed by atoms with Crippen LogP contribution in [-0.2, 0) is 9.59 Å². The molecule has 1 heterocycles. The van der Waals surface area contributed by atoms with Gasteiger partial charge in [-0.2, -0.15) is 13.2 Å². The highest BCUT2D eigenvalue weighted by Crippen LogP contribution is 2.30. The molecule has 0 aromatic rings. The first-order valence-electron chi connectivity index (χ1n) is 6.42. The van der Waals surface area contributed by atoms with Crippen molar-refractivity contribution < 1.29 is 22.8 Å². The van der Waals surface area contributed by atoms with Crippen LogP contribution >= 0.6 is 11.8 Å². The van der Waals surface area contributed by atoms with Crippen molar-refractivity contribution in [2.45, 2.75) is 50.7 Å². The van der Waals surface area contributed by atoms with Crippen molar-refractivity contribution in [2.75, 3.05) is 12.3 Å². The molecule has 0 aromatic carbocycles. The molecule has 2 amide bonds. The number of nitrogens with one attached hydrogen (secondary N) is 1. The van der Waals surface area contributed by atoms with Gasteiger partial charge >= 0.3 is 5.51 Å². The van der Waals surface area contributed by atoms with Gasteiger partial charge in [-0.15, -0.1) is 0 Å². The fourth-order valence-corrected chi connectivity index (χ4v) is 2.65. The molecule has 0 aromatic heterocycles. The largest absolute Gasteiger partial charge is 0.441 e. The molecule has 0 aliphatic carbocycles. The van der Waals surface area contributed by atoms with E-state index in [1.165, 1.54) is 4.90 Å². The molecule has 8 heteroatoms. The Bertz CT molecular complexity index is 389. The lowest BCUT2D eigenvalue weighted by molar-refractivity contribution is -0.139. The smallest absolute Gasteiger partial charge is 0.342 e. The van der Waals surface area contributed by atoms with E-state index in [9.17, 15) is 22.8 Å². The first-order valence-corrected chi connectivity index (χ1v) is 7.40. The van der Waals surface area contributed by atoms with Gasteiger partial charge in [0, 0.05) is 24.8 Å². The van der Waals surface area contributed by atoms with Crippen molar-refractivity contribution in [3.8, 4) is 0 Å². The summed E-state index contributed by atoms with van der Waals surface area (Å²) in [7, 11) is 0. The van der Waals surface area contributed by atoms with Crippen molar-refractivity contribution in [1.82, 2.24) is 10.2 Å². The minimum absolute atomic E-state index is 0.0191. The molecule has 0 radical (unpaired) electrons. The zero-order valence-corrected chi connectivity index (χ0v) is 12.5. The van der Waals surface area contributed by atoms with E-state index in [0.29, 0.717) is 6.42 Å². The van der Waals surface area contributed by atoms with Crippen LogP contribution in [-0.4, -0.2) is 46.1 Å². The number of halogens is 3. The van der Waals surface area contributed by atoms with Gasteiger partial charge in [-0.1, -0.05) is 6.92 Å². The molecule has 2 unspecified atom stereocenters. The van der Waals surface area contributed by atoms with Crippen LogP contribution in [0.3, 0.4) is 0 Å². The van der Waals surface area contributed by atoms with Crippen LogP contribution in [0.2, 0.25) is 0 Å². The Morgan fingerprint density at radius 3 is 2.55 bits per heavy atom. The molecule has 20 heavy (non-hydrogen) atoms. The van der Waals surface area contributed by atoms with Gasteiger partial charge in [0.25, 0.3) is 0 Å². The Labute approximate surface area is 120 Å². The maximum atomic E-state index is 12.4. The lowest BCUT2D eigenvalue weighted by Crippen LogP contribution is -2.55. The van der Waals surface area contributed by atoms with Crippen LogP contribution in [0.4, 0.5) is 13.2 Å². The summed E-state index contributed by atoms with van der Waals surface area (Å²) in [6, 6.07) is -0.398. The molecule has 4 nitrogen and oxygen atoms in total. The second-order valence-corrected chi connectivity index (χ2v) is 6.24. The highest BCUT2D eigenvalue weighted by molar-refractivity contribution is 8.00. The summed E-state index contributed by atoms with van der Waals surface area (Å²) in [6.45, 7) is 5.03. The predicted molar refractivity (Wildman–Crippen MR) is 71.1 cm³/mol. The quantitative estimate of drug-likeness (QED) is 0.865. The second-order valence-electron chi connectivity index (χ2n) is 5.08. The van der Waals surface area contributed by atoms with E-state index in [1.807, 2.05) is 0 Å². The van der Waals surface area contributed by atoms with Crippen LogP contribution in [0.15, 0.2) is 0 Å². The van der Waals surface area contributed by atoms with Gasteiger partial charge in [-0.3, -0.25) is 9.59 Å². The number of nitrogens with zero attached hydrogens (tertiary/aromatic N) is 1. The molecule has 1 aliphatic rings. The number of rotatable bonds is 4. The van der Waals surface area contributed by atoms with Gasteiger partial charge in [0.05, 0.1) is 0 Å². The van der Waals surface area contributed by atoms with E-state index in [4.69, 9.17) is 0 Å². The van der Waals surface area contributed by atoms with Crippen molar-refractivity contribution in [1.29, 1.82) is 0 Å². The molecule has 1 rings (SSSR count). The monoisotopic (exact) mass is 312 g/mol. The number of hydrogen-bond acceptors (Lipinski definition) is 3. The Morgan fingerprint density at radius 1 is 1.45 bits per heavy atom. The number of hydrogen-bond donors (Lipinski definition) is 1. The molecule has 1 aliphatic heterocycles. The zero-order chi connectivity index (χ0) is 15.6. The average molecular weight is 312 g/mol. The van der Waals surface area contributed by atoms with Crippen molar-refractivity contribution >= 4 is 23.6 Å². The van der Waals surface area contributed by atoms with E-state index < -0.39 is 17.1 Å². The van der Waals surface area contributed by atoms with E-state index >= 15 is 0 Å². The number of carbonyl (C=O) groups is 2. The highest BCUT2D eigenvalue weighted by Gasteiger charge is 2.41. The molecule has 0 bridgehead atoms. The Kier molecular flexibility index (Phi) is 5.34. The summed E-state index contributed by atoms with van der Waals surface area (Å²) >= 11 is -0.153. The molecule has 1 saturated heterocycles. The summed E-state index contributed by atoms with van der Waals surface area (Å²) in [6.07, 6.45) is 0.505. The fraction of sp³-hybridized carbons (Fsp3) is 0.833. The van der Waals surface area contributed by atoms with Crippen LogP contribution < -0.4 is 5.32 Å². The van der Waals surface area contributed by atoms with Crippen LogP contribution in [0, 0.1) is 0 Å². The predicted octanol–water partition coefficient (Wildman–Crippen LogP) is 2.15. The van der Waals surface area contributed by atoms with Crippen LogP contribution in [0.5, 0.6) is 0 Å². The van der Waals surface area contributed by atoms with Crippen LogP contribution in [0.1, 0.15) is 33.6 Å². The number of thioether (sulfide) groups is 1. The minimum Gasteiger partial charge on any atom is -0.342 e. The molecule has 1 N–H and O–H groups in total. The summed E-state index contributed by atoms with van der Waals surface area (Å²) in [5.74, 6) is -0.796. The Morgan fingerprint density at radius 2 is 2.05 bits per heavy atom. The maximum absolute atomic E-state index is 12.4. The van der Waals surface area contributed by atoms with Crippen molar-refractivity contribution in [2.24, 2.45) is 0 Å². The molecule has 1 fully saturated rings. The van der Waals surface area contributed by atoms with Gasteiger partial charge in [-0.25, -0.2) is 0 Å². The van der Waals surface area contributed by atoms with E-state index in [2.05, 4.69) is 5.32 Å². The molecular formula is C12H19F3N2O2S. The van der Waals surface area contributed by atoms with E-state index in [0.717, 1.165) is 0 Å². The van der Waals surface area contributed by atoms with Gasteiger partial charge in [0.1, 0.15) is 5.54 Å². The number of amides is 2. The van der Waals surface area contributed by atoms with Gasteiger partial charge < -0.3 is 10.2 Å². The summed E-state index contributed by atoms with van der Waals surface area (Å²) in [5, 5.41) is 2.66. The average Bonchev–Trinajstić information content (AvgIpc) is 2.38. The Balaban J connectivity index is 2.80. The first kappa shape index (κ1) is 17.1. The van der Waals surface area contributed by atoms with Gasteiger partial charge in [0.2, 0.25) is 11.8 Å². The minimum atomic E-state index is -4.31. The molecule has 0 saturated carbocycles. The summed E-state index contributed by atoms with van der Waals surface area (Å²) in [5.41, 5.74) is -5.34. The van der Waals surface area contributed by atoms with E-state index in [-0.39, 0.29) is 42.3 Å². The lowest BCUT2D eigenvalue weighted by Gasteiger charge is -2.33. The topological polar surface area (TPSA) is 49.4 Å². The van der Waals surface area contributed by atoms with Crippen LogP contribution in [0.25, 0.3) is 0 Å². The van der Waals surface area contributed by atoms with Gasteiger partial charge in [-0.05, 0) is 32.0 Å². The van der Waals surface area contributed by atoms with Crippen molar-refractivity contribution in [3.63, 3.8) is 0 Å². The highest BCUT2D eigenvalue weighted by atomic mass is 32.2. The maximum Gasteiger partial charge on any atom is 0.441 e. The SMILES string of the molecule is CCC1(C)NC(=O)CC(C)N(CCSC(F)(F)F)C1=O. The number of carbonyl (C=O) groups excluding carboxylic acids is 2. The zero-order valence-electron chi connectivity index (χ0n) is 11.7. The van der Waals surface area contributed by atoms with Gasteiger partial charge in [0.15, 0.2) is 0 Å². The third-order valence-corrected chi connectivity index (χ3v) is 4.18. The lowest BCUT2D eigenvalue weighted by atomic mass is 9.97. The summed E-state index contributed by atoms with van der Waals surface area (Å²) < 4.78 is 36.5. The van der Waals surface area contributed by atoms with E-state index in [1.54, 1.807) is 20.8 Å². The fourth-order valence-electron chi connectivity index (χ4n) is 2.13. The van der Waals surface area contributed by atoms with Crippen molar-refractivity contribution in [3.05, 3.63) is 0 Å². The molecule has 0 spiro atoms. The molecule has 116 valence electrons. The molecule has 2 atom stereocenters. The Hall–Kier alpha value is -0.920. The first-order chi connectivity index (χ1) is 9.09.